The largest absolute Gasteiger partial charge is 0.327 e. The fraction of sp³-hybridized carbons (Fsp3) is 0.278. The highest BCUT2D eigenvalue weighted by atomic mass is 35.5. The second-order valence-corrected chi connectivity index (χ2v) is 8.27. The number of hydrogen-bond acceptors (Lipinski definition) is 4. The molecule has 5 nitrogen and oxygen atoms in total. The van der Waals surface area contributed by atoms with Gasteiger partial charge in [0.2, 0.25) is 0 Å². The molecular weight excluding hydrogens is 397 g/mol. The molecule has 8 heteroatoms. The van der Waals surface area contributed by atoms with Crippen molar-refractivity contribution in [3.8, 4) is 0 Å². The summed E-state index contributed by atoms with van der Waals surface area (Å²) in [6.45, 7) is 3.62. The number of benzene rings is 1. The molecule has 0 amide bonds. The Morgan fingerprint density at radius 3 is 2.50 bits per heavy atom. The summed E-state index contributed by atoms with van der Waals surface area (Å²) >= 11 is 11.9. The molecule has 0 bridgehead atoms. The molecule has 0 aliphatic carbocycles. The summed E-state index contributed by atoms with van der Waals surface area (Å²) in [5.74, 6) is -0.153. The molecule has 140 valence electrons. The van der Waals surface area contributed by atoms with Gasteiger partial charge in [0.15, 0.2) is 0 Å². The molecule has 0 saturated heterocycles. The average Bonchev–Trinajstić information content (AvgIpc) is 2.57. The molecule has 1 aromatic heterocycles. The molecule has 2 rings (SSSR count). The lowest BCUT2D eigenvalue weighted by Gasteiger charge is -2.11. The Kier molecular flexibility index (Phi) is 6.92. The molecule has 1 aromatic carbocycles. The molecule has 0 atom stereocenters. The molecule has 0 saturated carbocycles. The molecule has 0 aliphatic rings. The highest BCUT2D eigenvalue weighted by Gasteiger charge is 2.15. The van der Waals surface area contributed by atoms with E-state index in [0.29, 0.717) is 34.1 Å². The second-order valence-electron chi connectivity index (χ2n) is 5.79. The highest BCUT2D eigenvalue weighted by Crippen LogP contribution is 2.23. The van der Waals surface area contributed by atoms with Crippen LogP contribution >= 0.6 is 23.2 Å². The van der Waals surface area contributed by atoms with E-state index < -0.39 is 15.7 Å². The molecule has 0 N–H and O–H groups in total. The van der Waals surface area contributed by atoms with Crippen molar-refractivity contribution < 1.29 is 12.7 Å². The Morgan fingerprint density at radius 1 is 1.12 bits per heavy atom. The first-order valence-corrected chi connectivity index (χ1v) is 10.3. The number of pyridine rings is 1. The Bertz CT molecular complexity index is 981. The van der Waals surface area contributed by atoms with Crippen LogP contribution in [-0.2, 0) is 10.1 Å². The van der Waals surface area contributed by atoms with Gasteiger partial charge in [-0.3, -0.25) is 9.08 Å². The number of halogens is 2. The molecular formula is C18H19Cl2NO4S. The maximum Gasteiger partial charge on any atom is 0.327 e. The highest BCUT2D eigenvalue weighted by molar-refractivity contribution is 7.86. The first-order valence-electron chi connectivity index (χ1n) is 8.01. The van der Waals surface area contributed by atoms with E-state index in [1.165, 1.54) is 6.07 Å². The summed E-state index contributed by atoms with van der Waals surface area (Å²) < 4.78 is 29.9. The van der Waals surface area contributed by atoms with Crippen LogP contribution in [0.25, 0.3) is 12.2 Å². The van der Waals surface area contributed by atoms with Crippen LogP contribution in [0.15, 0.2) is 35.1 Å². The lowest BCUT2D eigenvalue weighted by atomic mass is 10.2. The SMILES string of the molecule is CCCCS(=O)(=O)On1c(C=Cc2ccc(Cl)c(Cl)c2)cc(C)cc1=O. The van der Waals surface area contributed by atoms with Crippen LogP contribution < -0.4 is 9.84 Å². The number of aromatic nitrogens is 1. The monoisotopic (exact) mass is 415 g/mol. The zero-order valence-corrected chi connectivity index (χ0v) is 16.7. The van der Waals surface area contributed by atoms with E-state index in [-0.39, 0.29) is 5.75 Å². The summed E-state index contributed by atoms with van der Waals surface area (Å²) in [4.78, 5) is 12.2. The fourth-order valence-electron chi connectivity index (χ4n) is 2.18. The van der Waals surface area contributed by atoms with Crippen LogP contribution in [0.3, 0.4) is 0 Å². The van der Waals surface area contributed by atoms with Crippen LogP contribution in [0, 0.1) is 6.92 Å². The van der Waals surface area contributed by atoms with Crippen molar-refractivity contribution in [2.45, 2.75) is 26.7 Å². The molecule has 0 aliphatic heterocycles. The van der Waals surface area contributed by atoms with Crippen LogP contribution in [0.5, 0.6) is 0 Å². The van der Waals surface area contributed by atoms with E-state index in [2.05, 4.69) is 0 Å². The van der Waals surface area contributed by atoms with Crippen molar-refractivity contribution in [1.82, 2.24) is 4.73 Å². The minimum atomic E-state index is -3.86. The molecule has 1 heterocycles. The van der Waals surface area contributed by atoms with E-state index >= 15 is 0 Å². The Balaban J connectivity index is 2.40. The Morgan fingerprint density at radius 2 is 1.85 bits per heavy atom. The van der Waals surface area contributed by atoms with Gasteiger partial charge in [0, 0.05) is 6.07 Å². The van der Waals surface area contributed by atoms with Gasteiger partial charge in [0.25, 0.3) is 5.56 Å². The van der Waals surface area contributed by atoms with Gasteiger partial charge in [-0.05, 0) is 48.7 Å². The van der Waals surface area contributed by atoms with E-state index in [1.807, 2.05) is 6.92 Å². The average molecular weight is 416 g/mol. The van der Waals surface area contributed by atoms with Gasteiger partial charge in [0.05, 0.1) is 21.5 Å². The standard InChI is InChI=1S/C18H19Cl2NO4S/c1-3-4-9-26(23,24)25-21-15(10-13(2)11-18(21)22)7-5-14-6-8-16(19)17(20)12-14/h5-8,10-12H,3-4,9H2,1-2H3. The zero-order valence-electron chi connectivity index (χ0n) is 14.4. The van der Waals surface area contributed by atoms with E-state index in [1.54, 1.807) is 43.3 Å². The molecule has 2 aromatic rings. The number of hydrogen-bond donors (Lipinski definition) is 0. The van der Waals surface area contributed by atoms with Crippen molar-refractivity contribution in [2.24, 2.45) is 0 Å². The minimum absolute atomic E-state index is 0.153. The molecule has 26 heavy (non-hydrogen) atoms. The van der Waals surface area contributed by atoms with Crippen LogP contribution in [0.2, 0.25) is 10.0 Å². The molecule has 0 radical (unpaired) electrons. The number of nitrogens with zero attached hydrogens (tertiary/aromatic N) is 1. The topological polar surface area (TPSA) is 65.4 Å². The molecule has 0 unspecified atom stereocenters. The lowest BCUT2D eigenvalue weighted by Crippen LogP contribution is -2.33. The van der Waals surface area contributed by atoms with Crippen molar-refractivity contribution in [1.29, 1.82) is 0 Å². The van der Waals surface area contributed by atoms with Crippen molar-refractivity contribution in [2.75, 3.05) is 5.75 Å². The third-order valence-corrected chi connectivity index (χ3v) is 5.39. The Labute approximate surface area is 162 Å². The first kappa shape index (κ1) is 20.6. The maximum absolute atomic E-state index is 12.2. The van der Waals surface area contributed by atoms with Crippen molar-refractivity contribution >= 4 is 45.5 Å². The van der Waals surface area contributed by atoms with Gasteiger partial charge >= 0.3 is 10.1 Å². The zero-order chi connectivity index (χ0) is 19.3. The number of unbranched alkanes of at least 4 members (excludes halogenated alkanes) is 1. The normalized spacial score (nSPS) is 11.8. The van der Waals surface area contributed by atoms with E-state index in [9.17, 15) is 13.2 Å². The van der Waals surface area contributed by atoms with Crippen molar-refractivity contribution in [3.05, 3.63) is 67.6 Å². The third-order valence-electron chi connectivity index (χ3n) is 3.49. The summed E-state index contributed by atoms with van der Waals surface area (Å²) in [5, 5.41) is 0.829. The minimum Gasteiger partial charge on any atom is -0.284 e. The molecule has 0 spiro atoms. The summed E-state index contributed by atoms with van der Waals surface area (Å²) in [7, 11) is -3.86. The van der Waals surface area contributed by atoms with Gasteiger partial charge in [-0.15, -0.1) is 4.73 Å². The summed E-state index contributed by atoms with van der Waals surface area (Å²) in [5.41, 5.74) is 1.18. The fourth-order valence-corrected chi connectivity index (χ4v) is 3.59. The first-order chi connectivity index (χ1) is 12.2. The van der Waals surface area contributed by atoms with Crippen LogP contribution in [-0.4, -0.2) is 18.9 Å². The van der Waals surface area contributed by atoms with Gasteiger partial charge in [-0.25, -0.2) is 0 Å². The quantitative estimate of drug-likeness (QED) is 0.679. The van der Waals surface area contributed by atoms with Gasteiger partial charge in [-0.1, -0.05) is 48.7 Å². The third kappa shape index (κ3) is 5.62. The maximum atomic E-state index is 12.2. The van der Waals surface area contributed by atoms with Gasteiger partial charge in [-0.2, -0.15) is 8.42 Å². The lowest BCUT2D eigenvalue weighted by molar-refractivity contribution is 0.264. The number of rotatable bonds is 7. The van der Waals surface area contributed by atoms with Crippen LogP contribution in [0.1, 0.15) is 36.6 Å². The predicted octanol–water partition coefficient (Wildman–Crippen LogP) is 4.19. The van der Waals surface area contributed by atoms with Gasteiger partial charge < -0.3 is 0 Å². The van der Waals surface area contributed by atoms with Crippen molar-refractivity contribution in [3.63, 3.8) is 0 Å². The van der Waals surface area contributed by atoms with Gasteiger partial charge in [0.1, 0.15) is 0 Å². The van der Waals surface area contributed by atoms with E-state index in [0.717, 1.165) is 10.3 Å². The molecule has 0 fully saturated rings. The van der Waals surface area contributed by atoms with Crippen LogP contribution in [0.4, 0.5) is 0 Å². The Hall–Kier alpha value is -1.76. The smallest absolute Gasteiger partial charge is 0.284 e. The number of aryl methyl sites for hydroxylation is 1. The second kappa shape index (κ2) is 8.75. The van der Waals surface area contributed by atoms with E-state index in [4.69, 9.17) is 27.5 Å². The summed E-state index contributed by atoms with van der Waals surface area (Å²) in [6, 6.07) is 8.04. The predicted molar refractivity (Wildman–Crippen MR) is 106 cm³/mol. The summed E-state index contributed by atoms with van der Waals surface area (Å²) in [6.07, 6.45) is 4.44.